The molecule has 1 atom stereocenters. The molecule has 16 heavy (non-hydrogen) atoms. The van der Waals surface area contributed by atoms with Crippen molar-refractivity contribution in [3.63, 3.8) is 0 Å². The molecule has 6 heteroatoms. The van der Waals surface area contributed by atoms with Crippen molar-refractivity contribution < 1.29 is 4.79 Å². The van der Waals surface area contributed by atoms with Crippen molar-refractivity contribution in [3.8, 4) is 0 Å². The Labute approximate surface area is 94.2 Å². The molecule has 88 valence electrons. The van der Waals surface area contributed by atoms with Crippen LogP contribution in [0.25, 0.3) is 0 Å². The van der Waals surface area contributed by atoms with Crippen molar-refractivity contribution in [2.24, 2.45) is 11.7 Å². The molecule has 1 fully saturated rings. The number of rotatable bonds is 6. The summed E-state index contributed by atoms with van der Waals surface area (Å²) in [6.45, 7) is 3.15. The lowest BCUT2D eigenvalue weighted by molar-refractivity contribution is -0.126. The summed E-state index contributed by atoms with van der Waals surface area (Å²) in [5.74, 6) is 0.0292. The lowest BCUT2D eigenvalue weighted by Crippen LogP contribution is -2.59. The Bertz CT molecular complexity index is 359. The van der Waals surface area contributed by atoms with Gasteiger partial charge in [-0.2, -0.15) is 5.10 Å². The molecule has 0 radical (unpaired) electrons. The summed E-state index contributed by atoms with van der Waals surface area (Å²) in [7, 11) is 0. The van der Waals surface area contributed by atoms with Crippen LogP contribution in [0, 0.1) is 5.92 Å². The molecule has 3 N–H and O–H groups in total. The zero-order valence-electron chi connectivity index (χ0n) is 9.39. The van der Waals surface area contributed by atoms with Crippen LogP contribution in [-0.4, -0.2) is 32.8 Å². The number of hydrogen-bond donors (Lipinski definition) is 2. The lowest BCUT2D eigenvalue weighted by atomic mass is 9.92. The molecule has 0 spiro atoms. The van der Waals surface area contributed by atoms with Crippen LogP contribution in [0.5, 0.6) is 0 Å². The molecule has 1 saturated carbocycles. The fourth-order valence-electron chi connectivity index (χ4n) is 2.16. The molecule has 1 unspecified atom stereocenters. The molecular formula is C10H17N5O. The molecule has 1 heterocycles. The van der Waals surface area contributed by atoms with Gasteiger partial charge in [-0.15, -0.1) is 0 Å². The smallest absolute Gasteiger partial charge is 0.239 e. The first-order valence-electron chi connectivity index (χ1n) is 5.56. The minimum atomic E-state index is -0.664. The molecule has 0 aromatic carbocycles. The second-order valence-corrected chi connectivity index (χ2v) is 4.23. The van der Waals surface area contributed by atoms with Crippen LogP contribution < -0.4 is 11.1 Å². The normalized spacial score (nSPS) is 19.3. The number of likely N-dealkylation sites (N-methyl/N-ethyl adjacent to an activating group) is 1. The van der Waals surface area contributed by atoms with Crippen molar-refractivity contribution in [1.29, 1.82) is 0 Å². The molecule has 6 nitrogen and oxygen atoms in total. The zero-order valence-corrected chi connectivity index (χ0v) is 9.39. The molecular weight excluding hydrogens is 206 g/mol. The third-order valence-corrected chi connectivity index (χ3v) is 3.08. The molecule has 0 aliphatic heterocycles. The van der Waals surface area contributed by atoms with Gasteiger partial charge in [-0.05, 0) is 25.3 Å². The Morgan fingerprint density at radius 3 is 2.88 bits per heavy atom. The quantitative estimate of drug-likeness (QED) is 0.682. The summed E-state index contributed by atoms with van der Waals surface area (Å²) in [4.78, 5) is 15.6. The Kier molecular flexibility index (Phi) is 2.91. The Balaban J connectivity index is 2.21. The van der Waals surface area contributed by atoms with E-state index in [2.05, 4.69) is 15.4 Å². The van der Waals surface area contributed by atoms with Crippen molar-refractivity contribution in [1.82, 2.24) is 20.1 Å². The maximum Gasteiger partial charge on any atom is 0.239 e. The highest BCUT2D eigenvalue weighted by atomic mass is 16.1. The summed E-state index contributed by atoms with van der Waals surface area (Å²) in [5, 5.41) is 7.27. The minimum absolute atomic E-state index is 0.299. The fourth-order valence-corrected chi connectivity index (χ4v) is 2.16. The van der Waals surface area contributed by atoms with Crippen molar-refractivity contribution >= 4 is 5.91 Å². The van der Waals surface area contributed by atoms with E-state index in [0.29, 0.717) is 19.0 Å². The van der Waals surface area contributed by atoms with Crippen LogP contribution in [0.2, 0.25) is 0 Å². The third kappa shape index (κ3) is 1.92. The van der Waals surface area contributed by atoms with E-state index in [1.807, 2.05) is 6.92 Å². The SMILES string of the molecule is CCNC(Cn1cncn1)(C(N)=O)C1CC1. The van der Waals surface area contributed by atoms with E-state index in [1.165, 1.54) is 6.33 Å². The van der Waals surface area contributed by atoms with Gasteiger partial charge in [0.05, 0.1) is 6.54 Å². The molecule has 1 aromatic rings. The van der Waals surface area contributed by atoms with Crippen LogP contribution in [0.15, 0.2) is 12.7 Å². The monoisotopic (exact) mass is 223 g/mol. The van der Waals surface area contributed by atoms with Gasteiger partial charge in [-0.1, -0.05) is 6.92 Å². The van der Waals surface area contributed by atoms with Crippen LogP contribution >= 0.6 is 0 Å². The standard InChI is InChI=1S/C10H17N5O/c1-2-13-10(9(11)16,8-3-4-8)5-15-7-12-6-14-15/h6-8,13H,2-5H2,1H3,(H2,11,16). The van der Waals surface area contributed by atoms with Gasteiger partial charge in [0.25, 0.3) is 0 Å². The van der Waals surface area contributed by atoms with Gasteiger partial charge in [-0.3, -0.25) is 9.48 Å². The first kappa shape index (κ1) is 11.1. The largest absolute Gasteiger partial charge is 0.368 e. The molecule has 1 amide bonds. The molecule has 0 bridgehead atoms. The van der Waals surface area contributed by atoms with E-state index in [1.54, 1.807) is 11.0 Å². The lowest BCUT2D eigenvalue weighted by Gasteiger charge is -2.31. The third-order valence-electron chi connectivity index (χ3n) is 3.08. The van der Waals surface area contributed by atoms with Gasteiger partial charge < -0.3 is 11.1 Å². The second kappa shape index (κ2) is 4.21. The molecule has 1 aliphatic rings. The number of amides is 1. The number of primary amides is 1. The van der Waals surface area contributed by atoms with E-state index in [4.69, 9.17) is 5.73 Å². The van der Waals surface area contributed by atoms with E-state index in [0.717, 1.165) is 12.8 Å². The maximum atomic E-state index is 11.7. The van der Waals surface area contributed by atoms with E-state index in [9.17, 15) is 4.79 Å². The Morgan fingerprint density at radius 1 is 1.69 bits per heavy atom. The Hall–Kier alpha value is -1.43. The zero-order chi connectivity index (χ0) is 11.6. The van der Waals surface area contributed by atoms with E-state index in [-0.39, 0.29) is 5.91 Å². The van der Waals surface area contributed by atoms with E-state index >= 15 is 0 Å². The number of hydrogen-bond acceptors (Lipinski definition) is 4. The van der Waals surface area contributed by atoms with Gasteiger partial charge in [0.1, 0.15) is 18.2 Å². The van der Waals surface area contributed by atoms with Crippen molar-refractivity contribution in [2.75, 3.05) is 6.54 Å². The minimum Gasteiger partial charge on any atom is -0.368 e. The maximum absolute atomic E-state index is 11.7. The van der Waals surface area contributed by atoms with Gasteiger partial charge in [0, 0.05) is 0 Å². The highest BCUT2D eigenvalue weighted by Crippen LogP contribution is 2.40. The van der Waals surface area contributed by atoms with Crippen LogP contribution in [0.4, 0.5) is 0 Å². The van der Waals surface area contributed by atoms with Gasteiger partial charge in [-0.25, -0.2) is 4.98 Å². The Morgan fingerprint density at radius 2 is 2.44 bits per heavy atom. The summed E-state index contributed by atoms with van der Waals surface area (Å²) in [6.07, 6.45) is 5.16. The van der Waals surface area contributed by atoms with Gasteiger partial charge in [0.15, 0.2) is 0 Å². The summed E-state index contributed by atoms with van der Waals surface area (Å²) in [5.41, 5.74) is 4.89. The first-order chi connectivity index (χ1) is 7.69. The number of nitrogens with two attached hydrogens (primary N) is 1. The highest BCUT2D eigenvalue weighted by molar-refractivity contribution is 5.85. The number of nitrogens with zero attached hydrogens (tertiary/aromatic N) is 3. The number of carbonyl (C=O) groups is 1. The molecule has 2 rings (SSSR count). The second-order valence-electron chi connectivity index (χ2n) is 4.23. The topological polar surface area (TPSA) is 85.8 Å². The summed E-state index contributed by atoms with van der Waals surface area (Å²) < 4.78 is 1.66. The van der Waals surface area contributed by atoms with Gasteiger partial charge in [0.2, 0.25) is 5.91 Å². The predicted octanol–water partition coefficient (Wildman–Crippen LogP) is -0.478. The molecule has 1 aliphatic carbocycles. The average Bonchev–Trinajstić information content (AvgIpc) is 2.98. The highest BCUT2D eigenvalue weighted by Gasteiger charge is 2.49. The van der Waals surface area contributed by atoms with Gasteiger partial charge >= 0.3 is 0 Å². The van der Waals surface area contributed by atoms with E-state index < -0.39 is 5.54 Å². The fraction of sp³-hybridized carbons (Fsp3) is 0.700. The molecule has 1 aromatic heterocycles. The number of carbonyl (C=O) groups excluding carboxylic acids is 1. The van der Waals surface area contributed by atoms with Crippen LogP contribution in [0.3, 0.4) is 0 Å². The summed E-state index contributed by atoms with van der Waals surface area (Å²) >= 11 is 0. The van der Waals surface area contributed by atoms with Crippen LogP contribution in [0.1, 0.15) is 19.8 Å². The first-order valence-corrected chi connectivity index (χ1v) is 5.56. The van der Waals surface area contributed by atoms with Crippen molar-refractivity contribution in [2.45, 2.75) is 31.8 Å². The molecule has 0 saturated heterocycles. The number of aromatic nitrogens is 3. The predicted molar refractivity (Wildman–Crippen MR) is 58.3 cm³/mol. The van der Waals surface area contributed by atoms with Crippen molar-refractivity contribution in [3.05, 3.63) is 12.7 Å². The summed E-state index contributed by atoms with van der Waals surface area (Å²) in [6, 6.07) is 0. The number of nitrogens with one attached hydrogen (secondary N) is 1. The van der Waals surface area contributed by atoms with Crippen LogP contribution in [-0.2, 0) is 11.3 Å². The average molecular weight is 223 g/mol.